The van der Waals surface area contributed by atoms with Gasteiger partial charge in [-0.1, -0.05) is 37.3 Å². The van der Waals surface area contributed by atoms with E-state index in [4.69, 9.17) is 4.74 Å². The quantitative estimate of drug-likeness (QED) is 0.761. The van der Waals surface area contributed by atoms with Crippen LogP contribution in [0, 0.1) is 5.92 Å². The molecular formula is C15H19NO2. The summed E-state index contributed by atoms with van der Waals surface area (Å²) in [5, 5.41) is 0. The van der Waals surface area contributed by atoms with Gasteiger partial charge in [-0.05, 0) is 19.8 Å². The van der Waals surface area contributed by atoms with E-state index in [1.54, 1.807) is 0 Å². The summed E-state index contributed by atoms with van der Waals surface area (Å²) in [5.41, 5.74) is 0.479. The van der Waals surface area contributed by atoms with E-state index in [-0.39, 0.29) is 17.9 Å². The van der Waals surface area contributed by atoms with Gasteiger partial charge in [0.2, 0.25) is 5.91 Å². The van der Waals surface area contributed by atoms with Crippen molar-refractivity contribution in [1.82, 2.24) is 4.90 Å². The summed E-state index contributed by atoms with van der Waals surface area (Å²) in [6, 6.07) is 10.3. The number of nitrogens with zero attached hydrogens (tertiary/aromatic N) is 1. The van der Waals surface area contributed by atoms with Crippen molar-refractivity contribution in [2.45, 2.75) is 38.5 Å². The summed E-state index contributed by atoms with van der Waals surface area (Å²) in [6.07, 6.45) is 2.03. The second-order valence-electron chi connectivity index (χ2n) is 5.50. The predicted octanol–water partition coefficient (Wildman–Crippen LogP) is 2.52. The molecule has 0 spiro atoms. The van der Waals surface area contributed by atoms with Gasteiger partial charge < -0.3 is 9.64 Å². The van der Waals surface area contributed by atoms with E-state index in [1.165, 1.54) is 0 Å². The number of hydrogen-bond donors (Lipinski definition) is 0. The zero-order valence-corrected chi connectivity index (χ0v) is 10.9. The van der Waals surface area contributed by atoms with Gasteiger partial charge in [0, 0.05) is 11.5 Å². The Bertz CT molecular complexity index is 459. The number of fused-ring (bicyclic) bond motifs is 1. The first-order valence-corrected chi connectivity index (χ1v) is 6.65. The highest BCUT2D eigenvalue weighted by molar-refractivity contribution is 5.80. The smallest absolute Gasteiger partial charge is 0.228 e. The number of hydrogen-bond acceptors (Lipinski definition) is 2. The molecular weight excluding hydrogens is 226 g/mol. The van der Waals surface area contributed by atoms with Gasteiger partial charge in [-0.3, -0.25) is 4.79 Å². The maximum atomic E-state index is 12.4. The highest BCUT2D eigenvalue weighted by Gasteiger charge is 2.50. The number of piperidine rings is 1. The minimum absolute atomic E-state index is 0.117. The van der Waals surface area contributed by atoms with E-state index >= 15 is 0 Å². The van der Waals surface area contributed by atoms with E-state index in [9.17, 15) is 4.79 Å². The van der Waals surface area contributed by atoms with E-state index in [1.807, 2.05) is 49.1 Å². The van der Waals surface area contributed by atoms with Gasteiger partial charge in [0.25, 0.3) is 0 Å². The van der Waals surface area contributed by atoms with Crippen LogP contribution >= 0.6 is 0 Å². The average Bonchev–Trinajstić information content (AvgIpc) is 2.75. The molecule has 0 saturated carbocycles. The number of benzene rings is 1. The van der Waals surface area contributed by atoms with Crippen LogP contribution in [0.15, 0.2) is 30.3 Å². The standard InChI is InChI=1S/C15H19NO2/c1-11-8-9-13-10-18-15(2,16(13)14(11)17)12-6-4-3-5-7-12/h3-7,11,13H,8-10H2,1-2H3/t11-,13-,15-/m0/s1. The lowest BCUT2D eigenvalue weighted by Crippen LogP contribution is -2.52. The molecule has 0 bridgehead atoms. The van der Waals surface area contributed by atoms with Crippen LogP contribution in [0.25, 0.3) is 0 Å². The first-order valence-electron chi connectivity index (χ1n) is 6.65. The zero-order valence-electron chi connectivity index (χ0n) is 10.9. The molecule has 0 radical (unpaired) electrons. The maximum absolute atomic E-state index is 12.4. The molecule has 2 heterocycles. The summed E-state index contributed by atoms with van der Waals surface area (Å²) in [7, 11) is 0. The monoisotopic (exact) mass is 245 g/mol. The molecule has 1 amide bonds. The molecule has 2 aliphatic heterocycles. The normalized spacial score (nSPS) is 35.7. The molecule has 0 N–H and O–H groups in total. The molecule has 1 aromatic carbocycles. The Labute approximate surface area is 108 Å². The largest absolute Gasteiger partial charge is 0.349 e. The maximum Gasteiger partial charge on any atom is 0.228 e. The van der Waals surface area contributed by atoms with Crippen molar-refractivity contribution in [3.05, 3.63) is 35.9 Å². The van der Waals surface area contributed by atoms with Crippen molar-refractivity contribution < 1.29 is 9.53 Å². The molecule has 18 heavy (non-hydrogen) atoms. The Balaban J connectivity index is 2.00. The Morgan fingerprint density at radius 2 is 2.00 bits per heavy atom. The lowest BCUT2D eigenvalue weighted by Gasteiger charge is -2.41. The molecule has 3 nitrogen and oxygen atoms in total. The van der Waals surface area contributed by atoms with Crippen molar-refractivity contribution in [3.8, 4) is 0 Å². The first kappa shape index (κ1) is 11.7. The van der Waals surface area contributed by atoms with Gasteiger partial charge in [0.05, 0.1) is 12.6 Å². The van der Waals surface area contributed by atoms with Crippen molar-refractivity contribution in [2.24, 2.45) is 5.92 Å². The van der Waals surface area contributed by atoms with Gasteiger partial charge in [-0.2, -0.15) is 0 Å². The van der Waals surface area contributed by atoms with E-state index in [0.29, 0.717) is 6.61 Å². The van der Waals surface area contributed by atoms with Crippen LogP contribution in [0.1, 0.15) is 32.3 Å². The van der Waals surface area contributed by atoms with E-state index in [0.717, 1.165) is 18.4 Å². The second-order valence-corrected chi connectivity index (χ2v) is 5.50. The Kier molecular flexibility index (Phi) is 2.67. The van der Waals surface area contributed by atoms with Crippen LogP contribution in [0.4, 0.5) is 0 Å². The van der Waals surface area contributed by atoms with Gasteiger partial charge in [-0.25, -0.2) is 0 Å². The van der Waals surface area contributed by atoms with E-state index in [2.05, 4.69) is 0 Å². The van der Waals surface area contributed by atoms with E-state index < -0.39 is 5.72 Å². The van der Waals surface area contributed by atoms with Crippen LogP contribution < -0.4 is 0 Å². The average molecular weight is 245 g/mol. The fraction of sp³-hybridized carbons (Fsp3) is 0.533. The molecule has 2 fully saturated rings. The molecule has 96 valence electrons. The molecule has 3 heteroatoms. The van der Waals surface area contributed by atoms with Crippen LogP contribution in [0.5, 0.6) is 0 Å². The fourth-order valence-corrected chi connectivity index (χ4v) is 3.13. The molecule has 3 rings (SSSR count). The van der Waals surface area contributed by atoms with Gasteiger partial charge in [0.1, 0.15) is 0 Å². The van der Waals surface area contributed by atoms with Crippen LogP contribution in [0.3, 0.4) is 0 Å². The number of rotatable bonds is 1. The first-order chi connectivity index (χ1) is 8.63. The van der Waals surface area contributed by atoms with Crippen LogP contribution in [0.2, 0.25) is 0 Å². The zero-order chi connectivity index (χ0) is 12.8. The third-order valence-corrected chi connectivity index (χ3v) is 4.28. The van der Waals surface area contributed by atoms with Crippen molar-refractivity contribution in [1.29, 1.82) is 0 Å². The third kappa shape index (κ3) is 1.57. The minimum atomic E-state index is -0.586. The number of carbonyl (C=O) groups excluding carboxylic acids is 1. The number of carbonyl (C=O) groups is 1. The minimum Gasteiger partial charge on any atom is -0.349 e. The third-order valence-electron chi connectivity index (χ3n) is 4.28. The Morgan fingerprint density at radius 1 is 1.28 bits per heavy atom. The summed E-state index contributed by atoms with van der Waals surface area (Å²) in [6.45, 7) is 4.68. The second kappa shape index (κ2) is 4.09. The molecule has 0 unspecified atom stereocenters. The summed E-state index contributed by atoms with van der Waals surface area (Å²) < 4.78 is 6.00. The summed E-state index contributed by atoms with van der Waals surface area (Å²) in [5.74, 6) is 0.348. The summed E-state index contributed by atoms with van der Waals surface area (Å²) in [4.78, 5) is 14.4. The van der Waals surface area contributed by atoms with Gasteiger partial charge >= 0.3 is 0 Å². The highest BCUT2D eigenvalue weighted by Crippen LogP contribution is 2.42. The van der Waals surface area contributed by atoms with Crippen LogP contribution in [-0.4, -0.2) is 23.5 Å². The van der Waals surface area contributed by atoms with Crippen molar-refractivity contribution in [2.75, 3.05) is 6.61 Å². The number of amides is 1. The van der Waals surface area contributed by atoms with Crippen molar-refractivity contribution in [3.63, 3.8) is 0 Å². The van der Waals surface area contributed by atoms with Gasteiger partial charge in [0.15, 0.2) is 5.72 Å². The SMILES string of the molecule is C[C@H]1CC[C@H]2CO[C@@](C)(c3ccccc3)N2C1=O. The number of ether oxygens (including phenoxy) is 1. The Morgan fingerprint density at radius 3 is 2.72 bits per heavy atom. The highest BCUT2D eigenvalue weighted by atomic mass is 16.5. The predicted molar refractivity (Wildman–Crippen MR) is 68.8 cm³/mol. The van der Waals surface area contributed by atoms with Crippen molar-refractivity contribution >= 4 is 5.91 Å². The molecule has 2 aliphatic rings. The topological polar surface area (TPSA) is 29.5 Å². The molecule has 2 saturated heterocycles. The lowest BCUT2D eigenvalue weighted by molar-refractivity contribution is -0.157. The molecule has 1 aromatic rings. The fourth-order valence-electron chi connectivity index (χ4n) is 3.13. The van der Waals surface area contributed by atoms with Crippen LogP contribution in [-0.2, 0) is 15.3 Å². The molecule has 0 aliphatic carbocycles. The van der Waals surface area contributed by atoms with Gasteiger partial charge in [-0.15, -0.1) is 0 Å². The lowest BCUT2D eigenvalue weighted by atomic mass is 9.91. The Hall–Kier alpha value is -1.35. The molecule has 3 atom stereocenters. The summed E-state index contributed by atoms with van der Waals surface area (Å²) >= 11 is 0. The molecule has 0 aromatic heterocycles.